The molecular formula is C35H50N6O7. The van der Waals surface area contributed by atoms with Gasteiger partial charge >= 0.3 is 0 Å². The average Bonchev–Trinajstić information content (AvgIpc) is 3.25. The van der Waals surface area contributed by atoms with Crippen molar-refractivity contribution in [1.29, 1.82) is 0 Å². The third-order valence-corrected chi connectivity index (χ3v) is 10.5. The number of carbonyl (C=O) groups is 7. The summed E-state index contributed by atoms with van der Waals surface area (Å²) in [6.45, 7) is 17.4. The first-order chi connectivity index (χ1) is 22.1. The van der Waals surface area contributed by atoms with Crippen LogP contribution in [0, 0.1) is 34.0 Å². The molecule has 1 aliphatic carbocycles. The van der Waals surface area contributed by atoms with Crippen LogP contribution >= 0.6 is 0 Å². The number of likely N-dealkylation sites (tertiary alicyclic amines) is 1. The number of hydrogen-bond donors (Lipinski definition) is 3. The van der Waals surface area contributed by atoms with Gasteiger partial charge in [-0.25, -0.2) is 0 Å². The standard InChI is InChI=1S/C35H50N6O7/c1-10-11-22(26(43)28(36)44)38-29(45)25-24-21(35(24,8)9)17-40(25)32(48)27(34(5,6)7)39-23(42)14-18(33(2,3)4)16-41-30(46)19-12-13-37-15-20(19)31(41)47/h12-13,15,18,21-22,24-25,27H,10-11,14,16-17H2,1-9H3,(H2,36,44)(H,38,45)(H,39,42)/t18-,21+,22?,24+,25+,27-/m1/s1. The van der Waals surface area contributed by atoms with Gasteiger partial charge < -0.3 is 21.3 Å². The van der Waals surface area contributed by atoms with E-state index in [0.717, 1.165) is 4.90 Å². The predicted molar refractivity (Wildman–Crippen MR) is 176 cm³/mol. The second-order valence-electron chi connectivity index (χ2n) is 16.2. The summed E-state index contributed by atoms with van der Waals surface area (Å²) in [5, 5.41) is 5.63. The molecule has 3 aliphatic rings. The van der Waals surface area contributed by atoms with Crippen molar-refractivity contribution in [2.24, 2.45) is 39.7 Å². The molecular weight excluding hydrogens is 616 g/mol. The molecule has 262 valence electrons. The lowest BCUT2D eigenvalue weighted by Gasteiger charge is -2.38. The molecule has 13 nitrogen and oxygen atoms in total. The molecule has 0 bridgehead atoms. The van der Waals surface area contributed by atoms with E-state index in [2.05, 4.69) is 15.6 Å². The second kappa shape index (κ2) is 13.0. The Bertz CT molecular complexity index is 1490. The summed E-state index contributed by atoms with van der Waals surface area (Å²) in [6.07, 6.45) is 3.50. The number of aromatic nitrogens is 1. The van der Waals surface area contributed by atoms with Crippen molar-refractivity contribution in [3.63, 3.8) is 0 Å². The van der Waals surface area contributed by atoms with Gasteiger partial charge in [-0.1, -0.05) is 68.7 Å². The molecule has 4 N–H and O–H groups in total. The predicted octanol–water partition coefficient (Wildman–Crippen LogP) is 2.08. The molecule has 2 aliphatic heterocycles. The zero-order valence-corrected chi connectivity index (χ0v) is 29.5. The fraction of sp³-hybridized carbons (Fsp3) is 0.657. The van der Waals surface area contributed by atoms with Gasteiger partial charge in [-0.2, -0.15) is 0 Å². The Hall–Kier alpha value is -4.16. The van der Waals surface area contributed by atoms with E-state index in [4.69, 9.17) is 5.73 Å². The van der Waals surface area contributed by atoms with Gasteiger partial charge in [0.2, 0.25) is 23.5 Å². The summed E-state index contributed by atoms with van der Waals surface area (Å²) >= 11 is 0. The highest BCUT2D eigenvalue weighted by molar-refractivity contribution is 6.37. The molecule has 2 fully saturated rings. The molecule has 0 radical (unpaired) electrons. The fourth-order valence-electron chi connectivity index (χ4n) is 7.22. The Morgan fingerprint density at radius 1 is 1.00 bits per heavy atom. The number of amides is 6. The Balaban J connectivity index is 1.53. The topological polar surface area (TPSA) is 189 Å². The summed E-state index contributed by atoms with van der Waals surface area (Å²) in [5.41, 5.74) is 4.28. The smallest absolute Gasteiger partial charge is 0.287 e. The summed E-state index contributed by atoms with van der Waals surface area (Å²) < 4.78 is 0. The fourth-order valence-corrected chi connectivity index (χ4v) is 7.22. The van der Waals surface area contributed by atoms with Crippen LogP contribution in [0.5, 0.6) is 0 Å². The van der Waals surface area contributed by atoms with Crippen LogP contribution in [0.3, 0.4) is 0 Å². The van der Waals surface area contributed by atoms with Crippen molar-refractivity contribution in [2.75, 3.05) is 13.1 Å². The normalized spacial score (nSPS) is 23.1. The van der Waals surface area contributed by atoms with E-state index < -0.39 is 76.1 Å². The lowest BCUT2D eigenvalue weighted by molar-refractivity contribution is -0.146. The van der Waals surface area contributed by atoms with Crippen LogP contribution < -0.4 is 16.4 Å². The number of fused-ring (bicyclic) bond motifs is 2. The van der Waals surface area contributed by atoms with Crippen LogP contribution in [0.2, 0.25) is 0 Å². The zero-order valence-electron chi connectivity index (χ0n) is 29.5. The third-order valence-electron chi connectivity index (χ3n) is 10.5. The minimum Gasteiger partial charge on any atom is -0.363 e. The minimum absolute atomic E-state index is 0.00710. The van der Waals surface area contributed by atoms with Crippen LogP contribution in [0.25, 0.3) is 0 Å². The number of pyridine rings is 1. The van der Waals surface area contributed by atoms with E-state index in [1.807, 2.05) is 62.3 Å². The molecule has 1 saturated carbocycles. The van der Waals surface area contributed by atoms with Crippen LogP contribution in [-0.4, -0.2) is 87.2 Å². The van der Waals surface area contributed by atoms with Crippen molar-refractivity contribution in [3.8, 4) is 0 Å². The Labute approximate surface area is 282 Å². The van der Waals surface area contributed by atoms with E-state index in [1.165, 1.54) is 23.4 Å². The van der Waals surface area contributed by atoms with Crippen molar-refractivity contribution >= 4 is 41.2 Å². The molecule has 13 heteroatoms. The number of nitrogens with two attached hydrogens (primary N) is 1. The number of nitrogens with zero attached hydrogens (tertiary/aromatic N) is 3. The van der Waals surface area contributed by atoms with Crippen molar-refractivity contribution in [3.05, 3.63) is 29.6 Å². The molecule has 3 heterocycles. The number of nitrogens with one attached hydrogen (secondary N) is 2. The number of hydrogen-bond acceptors (Lipinski definition) is 8. The van der Waals surface area contributed by atoms with Crippen molar-refractivity contribution in [1.82, 2.24) is 25.4 Å². The van der Waals surface area contributed by atoms with Gasteiger partial charge in [-0.05, 0) is 46.5 Å². The maximum absolute atomic E-state index is 14.3. The quantitative estimate of drug-likeness (QED) is 0.223. The zero-order chi connectivity index (χ0) is 36.1. The van der Waals surface area contributed by atoms with Gasteiger partial charge in [-0.15, -0.1) is 0 Å². The van der Waals surface area contributed by atoms with Crippen LogP contribution in [-0.2, 0) is 24.0 Å². The van der Waals surface area contributed by atoms with E-state index in [1.54, 1.807) is 0 Å². The first-order valence-electron chi connectivity index (χ1n) is 16.7. The largest absolute Gasteiger partial charge is 0.363 e. The molecule has 1 aromatic rings. The maximum atomic E-state index is 14.3. The van der Waals surface area contributed by atoms with E-state index in [-0.39, 0.29) is 47.8 Å². The highest BCUT2D eigenvalue weighted by Crippen LogP contribution is 2.65. The monoisotopic (exact) mass is 666 g/mol. The number of ketones is 1. The number of primary amides is 1. The molecule has 4 rings (SSSR count). The highest BCUT2D eigenvalue weighted by atomic mass is 16.2. The molecule has 0 aromatic carbocycles. The lowest BCUT2D eigenvalue weighted by atomic mass is 9.78. The summed E-state index contributed by atoms with van der Waals surface area (Å²) in [7, 11) is 0. The first-order valence-corrected chi connectivity index (χ1v) is 16.7. The van der Waals surface area contributed by atoms with Crippen molar-refractivity contribution < 1.29 is 33.6 Å². The van der Waals surface area contributed by atoms with Crippen LogP contribution in [0.15, 0.2) is 18.5 Å². The Kier molecular flexibility index (Phi) is 9.96. The molecule has 1 saturated heterocycles. The molecule has 6 amide bonds. The van der Waals surface area contributed by atoms with Gasteiger partial charge in [0.05, 0.1) is 17.2 Å². The van der Waals surface area contributed by atoms with Crippen LogP contribution in [0.4, 0.5) is 0 Å². The number of piperidine rings is 1. The minimum atomic E-state index is -1.14. The van der Waals surface area contributed by atoms with E-state index in [9.17, 15) is 33.6 Å². The van der Waals surface area contributed by atoms with E-state index in [0.29, 0.717) is 13.0 Å². The summed E-state index contributed by atoms with van der Waals surface area (Å²) in [6, 6.07) is -1.50. The van der Waals surface area contributed by atoms with Gasteiger partial charge in [0.25, 0.3) is 17.7 Å². The lowest BCUT2D eigenvalue weighted by Crippen LogP contribution is -2.60. The first kappa shape index (κ1) is 36.7. The van der Waals surface area contributed by atoms with Gasteiger partial charge in [0, 0.05) is 31.9 Å². The number of carbonyl (C=O) groups excluding carboxylic acids is 7. The third kappa shape index (κ3) is 7.00. The Morgan fingerprint density at radius 2 is 1.62 bits per heavy atom. The molecule has 48 heavy (non-hydrogen) atoms. The van der Waals surface area contributed by atoms with Gasteiger partial charge in [-0.3, -0.25) is 43.4 Å². The molecule has 1 unspecified atom stereocenters. The number of rotatable bonds is 12. The average molecular weight is 667 g/mol. The summed E-state index contributed by atoms with van der Waals surface area (Å²) in [4.78, 5) is 98.8. The number of Topliss-reactive ketones (excluding diaryl/α,β-unsaturated/α-hetero) is 1. The Morgan fingerprint density at radius 3 is 2.17 bits per heavy atom. The van der Waals surface area contributed by atoms with Crippen molar-refractivity contribution in [2.45, 2.75) is 99.7 Å². The highest BCUT2D eigenvalue weighted by Gasteiger charge is 2.70. The van der Waals surface area contributed by atoms with Gasteiger partial charge in [0.15, 0.2) is 0 Å². The van der Waals surface area contributed by atoms with Gasteiger partial charge in [0.1, 0.15) is 12.1 Å². The van der Waals surface area contributed by atoms with E-state index >= 15 is 0 Å². The molecule has 1 aromatic heterocycles. The summed E-state index contributed by atoms with van der Waals surface area (Å²) in [5.74, 6) is -4.87. The second-order valence-corrected chi connectivity index (χ2v) is 16.2. The SMILES string of the molecule is CCCC(NC(=O)[C@@H]1[C@@H]2[C@H](CN1C(=O)[C@@H](NC(=O)C[C@H](CN1C(=O)c3ccncc3C1=O)C(C)(C)C)C(C)(C)C)C2(C)C)C(=O)C(N)=O. The molecule has 6 atom stereocenters. The number of imide groups is 1. The molecule has 0 spiro atoms. The van der Waals surface area contributed by atoms with Crippen LogP contribution in [0.1, 0.15) is 102 Å². The maximum Gasteiger partial charge on any atom is 0.287 e.